The number of methoxy groups -OCH3 is 2. The first kappa shape index (κ1) is 19.7. The highest BCUT2D eigenvalue weighted by atomic mass is 19.1. The van der Waals surface area contributed by atoms with Crippen molar-refractivity contribution < 1.29 is 27.8 Å². The van der Waals surface area contributed by atoms with Crippen LogP contribution in [0.25, 0.3) is 0 Å². The number of carbonyl (C=O) groups excluding carboxylic acids is 1. The Morgan fingerprint density at radius 2 is 1.38 bits per heavy atom. The summed E-state index contributed by atoms with van der Waals surface area (Å²) in [5, 5.41) is 0. The van der Waals surface area contributed by atoms with E-state index in [1.54, 1.807) is 24.3 Å². The Kier molecular flexibility index (Phi) is 8.60. The molecule has 0 bridgehead atoms. The van der Waals surface area contributed by atoms with Gasteiger partial charge in [0.1, 0.15) is 18.2 Å². The Balaban J connectivity index is 0.000000240. The van der Waals surface area contributed by atoms with E-state index in [-0.39, 0.29) is 24.2 Å². The third-order valence-electron chi connectivity index (χ3n) is 2.93. The second kappa shape index (κ2) is 10.5. The van der Waals surface area contributed by atoms with Crippen LogP contribution >= 0.6 is 0 Å². The third kappa shape index (κ3) is 7.30. The van der Waals surface area contributed by atoms with Crippen molar-refractivity contribution in [3.8, 4) is 0 Å². The first-order valence-electron chi connectivity index (χ1n) is 7.15. The highest BCUT2D eigenvalue weighted by Gasteiger charge is 2.07. The van der Waals surface area contributed by atoms with Crippen LogP contribution in [0.1, 0.15) is 24.3 Å². The Morgan fingerprint density at radius 3 is 1.79 bits per heavy atom. The van der Waals surface area contributed by atoms with Gasteiger partial charge in [0.05, 0.1) is 0 Å². The zero-order chi connectivity index (χ0) is 17.9. The normalized spacial score (nSPS) is 10.1. The van der Waals surface area contributed by atoms with Crippen LogP contribution in [0.15, 0.2) is 48.5 Å². The van der Waals surface area contributed by atoms with Gasteiger partial charge < -0.3 is 14.2 Å². The maximum atomic E-state index is 12.5. The van der Waals surface area contributed by atoms with Crippen molar-refractivity contribution in [2.75, 3.05) is 14.2 Å². The minimum absolute atomic E-state index is 0.204. The third-order valence-corrected chi connectivity index (χ3v) is 2.93. The van der Waals surface area contributed by atoms with Crippen molar-refractivity contribution in [2.45, 2.75) is 19.8 Å². The molecule has 0 aliphatic rings. The van der Waals surface area contributed by atoms with Crippen LogP contribution in [0.4, 0.5) is 8.78 Å². The Bertz CT molecular complexity index is 608. The van der Waals surface area contributed by atoms with Crippen LogP contribution < -0.4 is 0 Å². The van der Waals surface area contributed by atoms with E-state index in [1.165, 1.54) is 45.4 Å². The van der Waals surface area contributed by atoms with E-state index in [2.05, 4.69) is 0 Å². The maximum absolute atomic E-state index is 12.5. The van der Waals surface area contributed by atoms with E-state index in [0.29, 0.717) is 0 Å². The van der Waals surface area contributed by atoms with Gasteiger partial charge in [0.25, 0.3) is 0 Å². The van der Waals surface area contributed by atoms with E-state index in [0.717, 1.165) is 11.1 Å². The molecular formula is C18H20F2O4. The largest absolute Gasteiger partial charge is 0.461 e. The zero-order valence-corrected chi connectivity index (χ0v) is 13.8. The van der Waals surface area contributed by atoms with E-state index in [1.807, 2.05) is 0 Å². The van der Waals surface area contributed by atoms with Crippen LogP contribution in [-0.2, 0) is 25.6 Å². The minimum atomic E-state index is -0.411. The molecule has 0 aliphatic heterocycles. The zero-order valence-electron chi connectivity index (χ0n) is 13.8. The fraction of sp³-hybridized carbons (Fsp3) is 0.278. The maximum Gasteiger partial charge on any atom is 0.302 e. The number of benzene rings is 2. The molecule has 6 heteroatoms. The smallest absolute Gasteiger partial charge is 0.302 e. The molecule has 0 radical (unpaired) electrons. The molecule has 2 aromatic carbocycles. The van der Waals surface area contributed by atoms with Gasteiger partial charge in [0, 0.05) is 26.7 Å². The topological polar surface area (TPSA) is 44.8 Å². The van der Waals surface area contributed by atoms with Gasteiger partial charge in [-0.25, -0.2) is 8.78 Å². The highest BCUT2D eigenvalue weighted by Crippen LogP contribution is 2.16. The van der Waals surface area contributed by atoms with Crippen molar-refractivity contribution >= 4 is 5.97 Å². The summed E-state index contributed by atoms with van der Waals surface area (Å²) in [5.74, 6) is -0.884. The van der Waals surface area contributed by atoms with Crippen LogP contribution in [0, 0.1) is 11.6 Å². The van der Waals surface area contributed by atoms with Crippen LogP contribution in [0.2, 0.25) is 0 Å². The lowest BCUT2D eigenvalue weighted by atomic mass is 10.2. The van der Waals surface area contributed by atoms with E-state index in [9.17, 15) is 13.6 Å². The molecule has 0 aromatic heterocycles. The lowest BCUT2D eigenvalue weighted by molar-refractivity contribution is -0.142. The van der Waals surface area contributed by atoms with Gasteiger partial charge in [0.2, 0.25) is 0 Å². The molecule has 0 amide bonds. The average Bonchev–Trinajstić information content (AvgIpc) is 2.58. The quantitative estimate of drug-likeness (QED) is 0.610. The Labute approximate surface area is 140 Å². The van der Waals surface area contributed by atoms with Gasteiger partial charge in [-0.05, 0) is 29.8 Å². The second-order valence-electron chi connectivity index (χ2n) is 4.76. The highest BCUT2D eigenvalue weighted by molar-refractivity contribution is 5.65. The molecule has 0 spiro atoms. The van der Waals surface area contributed by atoms with Crippen LogP contribution in [0.3, 0.4) is 0 Å². The molecule has 2 rings (SSSR count). The van der Waals surface area contributed by atoms with Crippen LogP contribution in [-0.4, -0.2) is 20.2 Å². The molecule has 0 aliphatic carbocycles. The lowest BCUT2D eigenvalue weighted by Crippen LogP contribution is -2.03. The van der Waals surface area contributed by atoms with E-state index >= 15 is 0 Å². The van der Waals surface area contributed by atoms with Gasteiger partial charge in [0.15, 0.2) is 6.29 Å². The second-order valence-corrected chi connectivity index (χ2v) is 4.76. The number of carbonyl (C=O) groups is 1. The summed E-state index contributed by atoms with van der Waals surface area (Å²) in [4.78, 5) is 10.4. The number of halogens is 2. The van der Waals surface area contributed by atoms with Gasteiger partial charge in [-0.1, -0.05) is 24.3 Å². The molecule has 4 nitrogen and oxygen atoms in total. The number of ether oxygens (including phenoxy) is 3. The molecule has 0 N–H and O–H groups in total. The number of hydrogen-bond acceptors (Lipinski definition) is 4. The fourth-order valence-corrected chi connectivity index (χ4v) is 1.75. The molecule has 0 fully saturated rings. The minimum Gasteiger partial charge on any atom is -0.461 e. The summed E-state index contributed by atoms with van der Waals surface area (Å²) in [5.41, 5.74) is 1.59. The first-order chi connectivity index (χ1) is 11.5. The summed E-state index contributed by atoms with van der Waals surface area (Å²) in [6, 6.07) is 11.8. The summed E-state index contributed by atoms with van der Waals surface area (Å²) < 4.78 is 39.5. The molecule has 0 unspecified atom stereocenters. The van der Waals surface area contributed by atoms with E-state index < -0.39 is 6.29 Å². The molecule has 0 heterocycles. The van der Waals surface area contributed by atoms with Crippen LogP contribution in [0.5, 0.6) is 0 Å². The number of rotatable bonds is 5. The van der Waals surface area contributed by atoms with Gasteiger partial charge >= 0.3 is 5.97 Å². The van der Waals surface area contributed by atoms with Gasteiger partial charge in [-0.2, -0.15) is 0 Å². The Morgan fingerprint density at radius 1 is 0.917 bits per heavy atom. The van der Waals surface area contributed by atoms with Crippen molar-refractivity contribution in [3.63, 3.8) is 0 Å². The molecule has 24 heavy (non-hydrogen) atoms. The monoisotopic (exact) mass is 338 g/mol. The van der Waals surface area contributed by atoms with Crippen molar-refractivity contribution in [1.29, 1.82) is 0 Å². The number of esters is 1. The standard InChI is InChI=1S/C9H11FO2.C9H9FO2/c1-11-9(12-2)7-3-5-8(10)6-4-7;1-7(11)12-6-8-2-4-9(10)5-3-8/h3-6,9H,1-2H3;2-5H,6H2,1H3. The predicted molar refractivity (Wildman–Crippen MR) is 85.0 cm³/mol. The predicted octanol–water partition coefficient (Wildman–Crippen LogP) is 4.01. The fourth-order valence-electron chi connectivity index (χ4n) is 1.75. The lowest BCUT2D eigenvalue weighted by Gasteiger charge is -2.12. The van der Waals surface area contributed by atoms with Gasteiger partial charge in [-0.3, -0.25) is 4.79 Å². The summed E-state index contributed by atoms with van der Waals surface area (Å²) >= 11 is 0. The number of hydrogen-bond donors (Lipinski definition) is 0. The first-order valence-corrected chi connectivity index (χ1v) is 7.15. The molecule has 0 saturated heterocycles. The van der Waals surface area contributed by atoms with Crippen molar-refractivity contribution in [3.05, 3.63) is 71.3 Å². The van der Waals surface area contributed by atoms with Gasteiger partial charge in [-0.15, -0.1) is 0 Å². The van der Waals surface area contributed by atoms with Crippen molar-refractivity contribution in [2.24, 2.45) is 0 Å². The summed E-state index contributed by atoms with van der Waals surface area (Å²) in [6.07, 6.45) is -0.411. The van der Waals surface area contributed by atoms with E-state index in [4.69, 9.17) is 14.2 Å². The molecule has 0 atom stereocenters. The van der Waals surface area contributed by atoms with Crippen molar-refractivity contribution in [1.82, 2.24) is 0 Å². The summed E-state index contributed by atoms with van der Waals surface area (Å²) in [7, 11) is 3.08. The average molecular weight is 338 g/mol. The SMILES string of the molecule is CC(=O)OCc1ccc(F)cc1.COC(OC)c1ccc(F)cc1. The molecule has 0 saturated carbocycles. The molecule has 2 aromatic rings. The molecular weight excluding hydrogens is 318 g/mol. The molecule has 130 valence electrons. The Hall–Kier alpha value is -2.31. The summed E-state index contributed by atoms with van der Waals surface area (Å²) in [6.45, 7) is 1.54.